The Labute approximate surface area is 156 Å². The third-order valence-corrected chi connectivity index (χ3v) is 6.12. The predicted molar refractivity (Wildman–Crippen MR) is 106 cm³/mol. The number of nitrogens with one attached hydrogen (secondary N) is 1. The van der Waals surface area contributed by atoms with Gasteiger partial charge in [0.15, 0.2) is 15.0 Å². The molecule has 1 heterocycles. The van der Waals surface area contributed by atoms with Crippen LogP contribution in [0.25, 0.3) is 11.3 Å². The van der Waals surface area contributed by atoms with E-state index in [0.29, 0.717) is 0 Å². The van der Waals surface area contributed by atoms with E-state index in [1.807, 2.05) is 19.1 Å². The molecule has 0 spiro atoms. The number of thiazole rings is 1. The van der Waals surface area contributed by atoms with Gasteiger partial charge in [0.25, 0.3) is 0 Å². The molecule has 1 aromatic heterocycles. The number of allylic oxidation sites excluding steroid dienone is 5. The quantitative estimate of drug-likeness (QED) is 0.815. The van der Waals surface area contributed by atoms with Gasteiger partial charge >= 0.3 is 0 Å². The number of hydrogen-bond donors (Lipinski definition) is 1. The predicted octanol–water partition coefficient (Wildman–Crippen LogP) is 4.52. The van der Waals surface area contributed by atoms with Crippen molar-refractivity contribution in [3.05, 3.63) is 70.2 Å². The second kappa shape index (κ2) is 7.55. The van der Waals surface area contributed by atoms with E-state index in [4.69, 9.17) is 0 Å². The average Bonchev–Trinajstić information content (AvgIpc) is 2.83. The Bertz CT molecular complexity index is 987. The standard InChI is InChI=1S/C19H19FN2O2S2/c1-3-21-19-22-17(13-7-10-15(20)11-8-13)18(25-19)14-5-4-6-16(12-9-14)26(2,23)24/h4-12,14H,3H2,1-2H3,(H,21,22). The summed E-state index contributed by atoms with van der Waals surface area (Å²) in [5.41, 5.74) is 1.59. The summed E-state index contributed by atoms with van der Waals surface area (Å²) >= 11 is 1.52. The van der Waals surface area contributed by atoms with Crippen molar-refractivity contribution in [1.29, 1.82) is 0 Å². The fraction of sp³-hybridized carbons (Fsp3) is 0.211. The molecule has 1 atom stereocenters. The fourth-order valence-electron chi connectivity index (χ4n) is 2.61. The summed E-state index contributed by atoms with van der Waals surface area (Å²) in [6.45, 7) is 2.73. The lowest BCUT2D eigenvalue weighted by atomic mass is 10.0. The van der Waals surface area contributed by atoms with E-state index in [1.54, 1.807) is 30.4 Å². The highest BCUT2D eigenvalue weighted by atomic mass is 32.2. The van der Waals surface area contributed by atoms with Crippen LogP contribution in [-0.2, 0) is 9.84 Å². The van der Waals surface area contributed by atoms with E-state index in [1.165, 1.54) is 29.7 Å². The van der Waals surface area contributed by atoms with Gasteiger partial charge in [0.1, 0.15) is 5.82 Å². The molecule has 0 bridgehead atoms. The van der Waals surface area contributed by atoms with E-state index in [0.717, 1.165) is 27.8 Å². The Kier molecular flexibility index (Phi) is 5.38. The van der Waals surface area contributed by atoms with Gasteiger partial charge < -0.3 is 5.32 Å². The van der Waals surface area contributed by atoms with Gasteiger partial charge in [0.05, 0.1) is 10.6 Å². The van der Waals surface area contributed by atoms with Crippen molar-refractivity contribution in [2.75, 3.05) is 18.1 Å². The maximum Gasteiger partial charge on any atom is 0.183 e. The van der Waals surface area contributed by atoms with Gasteiger partial charge in [0, 0.05) is 29.2 Å². The summed E-state index contributed by atoms with van der Waals surface area (Å²) in [7, 11) is -3.27. The normalized spacial score (nSPS) is 17.0. The number of rotatable bonds is 5. The lowest BCUT2D eigenvalue weighted by Crippen LogP contribution is -1.97. The van der Waals surface area contributed by atoms with Crippen LogP contribution in [0.1, 0.15) is 17.7 Å². The zero-order valence-corrected chi connectivity index (χ0v) is 16.1. The van der Waals surface area contributed by atoms with Crippen LogP contribution in [-0.4, -0.2) is 26.2 Å². The molecule has 0 fully saturated rings. The Morgan fingerprint density at radius 1 is 1.23 bits per heavy atom. The minimum absolute atomic E-state index is 0.115. The van der Waals surface area contributed by atoms with Crippen molar-refractivity contribution in [3.63, 3.8) is 0 Å². The van der Waals surface area contributed by atoms with Crippen molar-refractivity contribution in [3.8, 4) is 11.3 Å². The van der Waals surface area contributed by atoms with Gasteiger partial charge in [-0.3, -0.25) is 0 Å². The minimum Gasteiger partial charge on any atom is -0.362 e. The topological polar surface area (TPSA) is 59.1 Å². The van der Waals surface area contributed by atoms with Gasteiger partial charge in [-0.1, -0.05) is 18.2 Å². The zero-order chi connectivity index (χ0) is 18.7. The van der Waals surface area contributed by atoms with Crippen molar-refractivity contribution in [2.24, 2.45) is 0 Å². The highest BCUT2D eigenvalue weighted by Gasteiger charge is 2.20. The average molecular weight is 391 g/mol. The largest absolute Gasteiger partial charge is 0.362 e. The number of anilines is 1. The van der Waals surface area contributed by atoms with Crippen molar-refractivity contribution in [2.45, 2.75) is 12.8 Å². The van der Waals surface area contributed by atoms with Crippen LogP contribution >= 0.6 is 11.3 Å². The smallest absolute Gasteiger partial charge is 0.183 e. The molecule has 3 rings (SSSR count). The van der Waals surface area contributed by atoms with Crippen LogP contribution in [0.5, 0.6) is 0 Å². The van der Waals surface area contributed by atoms with Crippen molar-refractivity contribution < 1.29 is 12.8 Å². The molecule has 136 valence electrons. The molecule has 0 aliphatic heterocycles. The lowest BCUT2D eigenvalue weighted by molar-refractivity contribution is 0.608. The monoisotopic (exact) mass is 390 g/mol. The van der Waals surface area contributed by atoms with E-state index in [9.17, 15) is 12.8 Å². The Morgan fingerprint density at radius 2 is 1.96 bits per heavy atom. The summed E-state index contributed by atoms with van der Waals surface area (Å²) in [6, 6.07) is 6.22. The van der Waals surface area contributed by atoms with Crippen LogP contribution in [0, 0.1) is 5.82 Å². The number of halogens is 1. The molecule has 2 aromatic rings. The molecule has 1 aliphatic rings. The summed E-state index contributed by atoms with van der Waals surface area (Å²) in [5, 5.41) is 4.00. The molecule has 0 saturated heterocycles. The molecule has 0 amide bonds. The first kappa shape index (κ1) is 18.5. The van der Waals surface area contributed by atoms with Gasteiger partial charge in [0.2, 0.25) is 0 Å². The Hall–Kier alpha value is -2.25. The Balaban J connectivity index is 2.03. The number of nitrogens with zero attached hydrogens (tertiary/aromatic N) is 1. The second-order valence-corrected chi connectivity index (χ2v) is 8.93. The molecule has 0 saturated carbocycles. The SMILES string of the molecule is CCNc1nc(-c2ccc(F)cc2)c(C2C=CC=C(S(C)(=O)=O)C=C2)s1. The van der Waals surface area contributed by atoms with Crippen LogP contribution < -0.4 is 5.32 Å². The number of sulfone groups is 1. The van der Waals surface area contributed by atoms with Gasteiger partial charge in [-0.25, -0.2) is 17.8 Å². The molecule has 26 heavy (non-hydrogen) atoms. The van der Waals surface area contributed by atoms with E-state index in [2.05, 4.69) is 10.3 Å². The van der Waals surface area contributed by atoms with Gasteiger partial charge in [-0.15, -0.1) is 11.3 Å². The summed E-state index contributed by atoms with van der Waals surface area (Å²) in [6.07, 6.45) is 9.95. The van der Waals surface area contributed by atoms with Gasteiger partial charge in [-0.05, 0) is 43.3 Å². The maximum absolute atomic E-state index is 13.3. The van der Waals surface area contributed by atoms with E-state index >= 15 is 0 Å². The molecule has 7 heteroatoms. The van der Waals surface area contributed by atoms with Gasteiger partial charge in [-0.2, -0.15) is 0 Å². The molecule has 1 unspecified atom stereocenters. The molecular formula is C19H19FN2O2S2. The van der Waals surface area contributed by atoms with Crippen LogP contribution in [0.2, 0.25) is 0 Å². The first-order valence-corrected chi connectivity index (χ1v) is 10.9. The highest BCUT2D eigenvalue weighted by Crippen LogP contribution is 2.38. The van der Waals surface area contributed by atoms with Crippen LogP contribution in [0.15, 0.2) is 59.6 Å². The fourth-order valence-corrected chi connectivity index (χ4v) is 4.38. The highest BCUT2D eigenvalue weighted by molar-refractivity contribution is 7.94. The maximum atomic E-state index is 13.3. The minimum atomic E-state index is -3.27. The molecular weight excluding hydrogens is 371 g/mol. The number of aromatic nitrogens is 1. The van der Waals surface area contributed by atoms with E-state index < -0.39 is 9.84 Å². The van der Waals surface area contributed by atoms with Crippen LogP contribution in [0.4, 0.5) is 9.52 Å². The second-order valence-electron chi connectivity index (χ2n) is 5.88. The molecule has 1 aliphatic carbocycles. The molecule has 1 aromatic carbocycles. The summed E-state index contributed by atoms with van der Waals surface area (Å²) in [4.78, 5) is 5.90. The van der Waals surface area contributed by atoms with Crippen molar-refractivity contribution >= 4 is 26.3 Å². The third kappa shape index (κ3) is 4.11. The molecule has 4 nitrogen and oxygen atoms in total. The summed E-state index contributed by atoms with van der Waals surface area (Å²) < 4.78 is 36.8. The van der Waals surface area contributed by atoms with Crippen molar-refractivity contribution in [1.82, 2.24) is 4.98 Å². The van der Waals surface area contributed by atoms with E-state index in [-0.39, 0.29) is 16.6 Å². The lowest BCUT2D eigenvalue weighted by Gasteiger charge is -2.07. The molecule has 0 radical (unpaired) electrons. The zero-order valence-electron chi connectivity index (χ0n) is 14.4. The first-order chi connectivity index (χ1) is 12.4. The number of benzene rings is 1. The third-order valence-electron chi connectivity index (χ3n) is 3.88. The first-order valence-electron chi connectivity index (χ1n) is 8.15. The molecule has 1 N–H and O–H groups in total. The summed E-state index contributed by atoms with van der Waals surface area (Å²) in [5.74, 6) is -0.413. The Morgan fingerprint density at radius 3 is 2.62 bits per heavy atom. The number of hydrogen-bond acceptors (Lipinski definition) is 5. The van der Waals surface area contributed by atoms with Crippen LogP contribution in [0.3, 0.4) is 0 Å².